The molecular weight excluding hydrogens is 490 g/mol. The Bertz CT molecular complexity index is 1150. The second kappa shape index (κ2) is 13.2. The number of halogens is 4. The third-order valence-corrected chi connectivity index (χ3v) is 5.59. The van der Waals surface area contributed by atoms with Gasteiger partial charge in [0.1, 0.15) is 12.4 Å². The number of alkyl halides is 3. The number of carbonyl (C=O) groups is 1. The average molecular weight is 524 g/mol. The van der Waals surface area contributed by atoms with Crippen molar-refractivity contribution in [2.45, 2.75) is 59.7 Å². The lowest BCUT2D eigenvalue weighted by Crippen LogP contribution is -2.42. The Hall–Kier alpha value is -3.43. The van der Waals surface area contributed by atoms with Crippen molar-refractivity contribution in [3.05, 3.63) is 64.6 Å². The van der Waals surface area contributed by atoms with E-state index in [1.54, 1.807) is 33.9 Å². The fourth-order valence-corrected chi connectivity index (χ4v) is 3.52. The number of benzene rings is 1. The van der Waals surface area contributed by atoms with Gasteiger partial charge in [0, 0.05) is 32.3 Å². The number of likely N-dealkylation sites (N-methyl/N-ethyl adjacent to an activating group) is 1. The van der Waals surface area contributed by atoms with Gasteiger partial charge in [-0.1, -0.05) is 25.0 Å². The van der Waals surface area contributed by atoms with Crippen molar-refractivity contribution in [1.29, 1.82) is 0 Å². The van der Waals surface area contributed by atoms with Gasteiger partial charge in [0.2, 0.25) is 5.88 Å². The molecule has 0 N–H and O–H groups in total. The van der Waals surface area contributed by atoms with E-state index in [1.165, 1.54) is 4.90 Å². The number of allylic oxidation sites excluding steroid dienone is 1. The topological polar surface area (TPSA) is 64.0 Å². The van der Waals surface area contributed by atoms with E-state index in [0.717, 1.165) is 18.4 Å². The summed E-state index contributed by atoms with van der Waals surface area (Å²) < 4.78 is 63.8. The van der Waals surface area contributed by atoms with Crippen LogP contribution in [0.4, 0.5) is 17.6 Å². The van der Waals surface area contributed by atoms with Crippen molar-refractivity contribution < 1.29 is 31.8 Å². The molecule has 202 valence electrons. The zero-order valence-electron chi connectivity index (χ0n) is 21.9. The van der Waals surface area contributed by atoms with Crippen LogP contribution in [0.3, 0.4) is 0 Å². The molecule has 0 unspecified atom stereocenters. The first kappa shape index (κ1) is 29.8. The predicted octanol–water partition coefficient (Wildman–Crippen LogP) is 6.68. The minimum atomic E-state index is -4.72. The fourth-order valence-electron chi connectivity index (χ4n) is 3.52. The first-order valence-corrected chi connectivity index (χ1v) is 12.0. The minimum Gasteiger partial charge on any atom is -0.473 e. The van der Waals surface area contributed by atoms with Crippen molar-refractivity contribution in [3.63, 3.8) is 0 Å². The zero-order chi connectivity index (χ0) is 27.8. The van der Waals surface area contributed by atoms with Gasteiger partial charge in [0.05, 0.1) is 17.2 Å². The number of unbranched alkanes of at least 4 members (excludes halogenated alkanes) is 1. The highest BCUT2D eigenvalue weighted by atomic mass is 19.4. The number of aliphatic imine (C=N–C) groups is 1. The monoisotopic (exact) mass is 523 g/mol. The summed E-state index contributed by atoms with van der Waals surface area (Å²) in [6.07, 6.45) is -0.666. The first-order valence-electron chi connectivity index (χ1n) is 12.0. The third kappa shape index (κ3) is 8.03. The number of amides is 1. The maximum atomic E-state index is 14.2. The van der Waals surface area contributed by atoms with Crippen LogP contribution in [-0.2, 0) is 10.9 Å². The summed E-state index contributed by atoms with van der Waals surface area (Å²) in [4.78, 5) is 22.7. The molecule has 1 aromatic carbocycles. The van der Waals surface area contributed by atoms with Gasteiger partial charge in [-0.05, 0) is 51.5 Å². The first-order chi connectivity index (χ1) is 17.4. The van der Waals surface area contributed by atoms with E-state index in [-0.39, 0.29) is 12.5 Å². The number of aryl methyl sites for hydroxylation is 1. The Balaban J connectivity index is 2.32. The molecule has 0 fully saturated rings. The SMILES string of the molecule is CCC/C=C(\OC(C)=NC)c1cc(C)ccc1C(=O)N(CC)[C@@H](C)COc1ncc(C(F)(F)F)cc1F. The predicted molar refractivity (Wildman–Crippen MR) is 135 cm³/mol. The Morgan fingerprint density at radius 1 is 1.22 bits per heavy atom. The average Bonchev–Trinajstić information content (AvgIpc) is 2.85. The molecule has 0 saturated carbocycles. The number of hydrogen-bond donors (Lipinski definition) is 0. The highest BCUT2D eigenvalue weighted by Gasteiger charge is 2.32. The molecule has 0 aliphatic carbocycles. The quantitative estimate of drug-likeness (QED) is 0.151. The van der Waals surface area contributed by atoms with Crippen LogP contribution < -0.4 is 4.74 Å². The molecule has 0 saturated heterocycles. The summed E-state index contributed by atoms with van der Waals surface area (Å²) in [5.41, 5.74) is 0.750. The van der Waals surface area contributed by atoms with Crippen LogP contribution in [0, 0.1) is 12.7 Å². The van der Waals surface area contributed by atoms with Crippen LogP contribution in [0.2, 0.25) is 0 Å². The largest absolute Gasteiger partial charge is 0.473 e. The van der Waals surface area contributed by atoms with Crippen LogP contribution in [-0.4, -0.2) is 47.9 Å². The molecular formula is C27H33F4N3O3. The van der Waals surface area contributed by atoms with Crippen LogP contribution in [0.25, 0.3) is 5.76 Å². The fraction of sp³-hybridized carbons (Fsp3) is 0.444. The molecule has 10 heteroatoms. The van der Waals surface area contributed by atoms with Crippen molar-refractivity contribution in [1.82, 2.24) is 9.88 Å². The van der Waals surface area contributed by atoms with E-state index >= 15 is 0 Å². The van der Waals surface area contributed by atoms with Crippen LogP contribution in [0.1, 0.15) is 67.6 Å². The normalized spacial score (nSPS) is 13.4. The number of carbonyl (C=O) groups excluding carboxylic acids is 1. The maximum Gasteiger partial charge on any atom is 0.417 e. The number of rotatable bonds is 10. The summed E-state index contributed by atoms with van der Waals surface area (Å²) in [7, 11) is 1.62. The van der Waals surface area contributed by atoms with Crippen molar-refractivity contribution in [2.75, 3.05) is 20.2 Å². The standard InChI is InChI=1S/C27H33F4N3O3/c1-7-9-10-24(37-19(5)32-6)22-13-17(3)11-12-21(22)26(35)34(8-2)18(4)16-36-25-23(28)14-20(15-33-25)27(29,30)31/h10-15,18H,7-9,16H2,1-6H3/b24-10-,32-19?/t18-/m0/s1. The van der Waals surface area contributed by atoms with E-state index in [4.69, 9.17) is 9.47 Å². The lowest BCUT2D eigenvalue weighted by Gasteiger charge is -2.29. The lowest BCUT2D eigenvalue weighted by molar-refractivity contribution is -0.138. The Morgan fingerprint density at radius 2 is 1.92 bits per heavy atom. The third-order valence-electron chi connectivity index (χ3n) is 5.59. The molecule has 1 atom stereocenters. The van der Waals surface area contributed by atoms with Crippen LogP contribution in [0.15, 0.2) is 41.5 Å². The van der Waals surface area contributed by atoms with Gasteiger partial charge < -0.3 is 14.4 Å². The molecule has 0 radical (unpaired) electrons. The Labute approximate surface area is 215 Å². The van der Waals surface area contributed by atoms with Gasteiger partial charge in [-0.15, -0.1) is 0 Å². The van der Waals surface area contributed by atoms with Crippen LogP contribution >= 0.6 is 0 Å². The number of hydrogen-bond acceptors (Lipinski definition) is 5. The van der Waals surface area contributed by atoms with Gasteiger partial charge in [-0.2, -0.15) is 13.2 Å². The van der Waals surface area contributed by atoms with E-state index in [2.05, 4.69) is 9.98 Å². The van der Waals surface area contributed by atoms with Gasteiger partial charge in [-0.3, -0.25) is 9.79 Å². The molecule has 0 bridgehead atoms. The van der Waals surface area contributed by atoms with Crippen molar-refractivity contribution in [2.24, 2.45) is 4.99 Å². The molecule has 0 spiro atoms. The highest BCUT2D eigenvalue weighted by molar-refractivity contribution is 5.99. The molecule has 0 aliphatic heterocycles. The number of pyridine rings is 1. The van der Waals surface area contributed by atoms with Gasteiger partial charge in [0.25, 0.3) is 5.91 Å². The number of nitrogens with zero attached hydrogens (tertiary/aromatic N) is 3. The highest BCUT2D eigenvalue weighted by Crippen LogP contribution is 2.31. The van der Waals surface area contributed by atoms with Crippen molar-refractivity contribution in [3.8, 4) is 5.88 Å². The molecule has 37 heavy (non-hydrogen) atoms. The zero-order valence-corrected chi connectivity index (χ0v) is 21.9. The lowest BCUT2D eigenvalue weighted by atomic mass is 10.00. The maximum absolute atomic E-state index is 14.2. The summed E-state index contributed by atoms with van der Waals surface area (Å²) in [6.45, 7) is 9.30. The summed E-state index contributed by atoms with van der Waals surface area (Å²) >= 11 is 0. The number of ether oxygens (including phenoxy) is 2. The molecule has 2 aromatic rings. The van der Waals surface area contributed by atoms with E-state index < -0.39 is 29.5 Å². The second-order valence-electron chi connectivity index (χ2n) is 8.51. The minimum absolute atomic E-state index is 0.174. The van der Waals surface area contributed by atoms with Crippen LogP contribution in [0.5, 0.6) is 5.88 Å². The molecule has 0 aliphatic rings. The number of aromatic nitrogens is 1. The van der Waals surface area contributed by atoms with E-state index in [1.807, 2.05) is 32.1 Å². The summed E-state index contributed by atoms with van der Waals surface area (Å²) in [5, 5.41) is 0. The van der Waals surface area contributed by atoms with Gasteiger partial charge >= 0.3 is 6.18 Å². The molecule has 1 aromatic heterocycles. The smallest absolute Gasteiger partial charge is 0.417 e. The molecule has 6 nitrogen and oxygen atoms in total. The summed E-state index contributed by atoms with van der Waals surface area (Å²) in [6, 6.07) is 5.21. The van der Waals surface area contributed by atoms with Gasteiger partial charge in [0.15, 0.2) is 11.7 Å². The molecule has 2 rings (SSSR count). The Kier molecular flexibility index (Phi) is 10.6. The Morgan fingerprint density at radius 3 is 2.49 bits per heavy atom. The van der Waals surface area contributed by atoms with Crippen molar-refractivity contribution >= 4 is 17.6 Å². The second-order valence-corrected chi connectivity index (χ2v) is 8.51. The van der Waals surface area contributed by atoms with E-state index in [0.29, 0.717) is 41.6 Å². The summed E-state index contributed by atoms with van der Waals surface area (Å²) in [5.74, 6) is -1.12. The van der Waals surface area contributed by atoms with E-state index in [9.17, 15) is 22.4 Å². The molecule has 1 heterocycles. The van der Waals surface area contributed by atoms with Gasteiger partial charge in [-0.25, -0.2) is 9.37 Å². The molecule has 1 amide bonds.